The van der Waals surface area contributed by atoms with E-state index in [1.54, 1.807) is 0 Å². The Morgan fingerprint density at radius 3 is 1.81 bits per heavy atom. The van der Waals surface area contributed by atoms with Gasteiger partial charge in [0.2, 0.25) is 0 Å². The molecular weight excluding hydrogens is 1230 g/mol. The van der Waals surface area contributed by atoms with E-state index in [-0.39, 0.29) is 23.7 Å². The van der Waals surface area contributed by atoms with Crippen LogP contribution in [0.2, 0.25) is 0 Å². The Morgan fingerprint density at radius 2 is 1.13 bits per heavy atom. The van der Waals surface area contributed by atoms with E-state index in [1.807, 2.05) is 80.6 Å². The summed E-state index contributed by atoms with van der Waals surface area (Å²) in [5.74, 6) is 1.10. The van der Waals surface area contributed by atoms with Gasteiger partial charge in [-0.15, -0.1) is 6.07 Å². The zero-order chi connectivity index (χ0) is 61.1. The van der Waals surface area contributed by atoms with Gasteiger partial charge in [0.05, 0.1) is 0 Å². The molecule has 0 saturated heterocycles. The molecule has 3 heterocycles. The maximum atomic E-state index is 9.52. The van der Waals surface area contributed by atoms with Gasteiger partial charge in [0.15, 0.2) is 0 Å². The first-order valence-electron chi connectivity index (χ1n) is 30.6. The van der Waals surface area contributed by atoms with Crippen molar-refractivity contribution in [2.24, 2.45) is 5.92 Å². The van der Waals surface area contributed by atoms with Crippen molar-refractivity contribution in [3.8, 4) is 67.5 Å². The van der Waals surface area contributed by atoms with Crippen molar-refractivity contribution < 1.29 is 26.8 Å². The van der Waals surface area contributed by atoms with E-state index in [0.29, 0.717) is 34.1 Å². The van der Waals surface area contributed by atoms with Gasteiger partial charge in [-0.25, -0.2) is 0 Å². The summed E-state index contributed by atoms with van der Waals surface area (Å²) < 4.78 is 31.9. The average molecular weight is 1300 g/mol. The summed E-state index contributed by atoms with van der Waals surface area (Å²) in [6.45, 7) is 17.3. The third kappa shape index (κ3) is 10.8. The summed E-state index contributed by atoms with van der Waals surface area (Å²) in [6.07, 6.45) is -1.68. The molecule has 426 valence electrons. The van der Waals surface area contributed by atoms with Crippen molar-refractivity contribution >= 4 is 46.4 Å². The Morgan fingerprint density at radius 1 is 0.535 bits per heavy atom. The van der Waals surface area contributed by atoms with Crippen molar-refractivity contribution in [1.29, 1.82) is 0 Å². The number of nitrogens with zero attached hydrogens (tertiary/aromatic N) is 5. The monoisotopic (exact) mass is 1300 g/mol. The van der Waals surface area contributed by atoms with Crippen LogP contribution in [0.3, 0.4) is 0 Å². The number of ether oxygens (including phenoxy) is 1. The van der Waals surface area contributed by atoms with Gasteiger partial charge in [-0.3, -0.25) is 0 Å². The molecule has 0 radical (unpaired) electrons. The van der Waals surface area contributed by atoms with Crippen LogP contribution in [0.25, 0.3) is 66.9 Å². The molecule has 2 aromatic heterocycles. The molecule has 6 nitrogen and oxygen atoms in total. The molecule has 13 rings (SSSR count). The van der Waals surface area contributed by atoms with Crippen molar-refractivity contribution in [3.63, 3.8) is 0 Å². The molecular formula is C78H68BN5OPt-2. The van der Waals surface area contributed by atoms with Gasteiger partial charge in [0.1, 0.15) is 0 Å². The number of anilines is 4. The Hall–Kier alpha value is -9.03. The Kier molecular flexibility index (Phi) is 14.4. The Bertz CT molecular complexity index is 4610. The number of para-hydroxylation sites is 4. The van der Waals surface area contributed by atoms with E-state index in [4.69, 9.17) is 9.72 Å². The quantitative estimate of drug-likeness (QED) is 0.0852. The van der Waals surface area contributed by atoms with Crippen LogP contribution < -0.4 is 19.8 Å². The van der Waals surface area contributed by atoms with E-state index in [2.05, 4.69) is 274 Å². The predicted octanol–water partition coefficient (Wildman–Crippen LogP) is 19.4. The van der Waals surface area contributed by atoms with Crippen LogP contribution >= 0.6 is 0 Å². The number of pyridine rings is 1. The molecule has 86 heavy (non-hydrogen) atoms. The summed E-state index contributed by atoms with van der Waals surface area (Å²) in [7, 11) is 0. The topological polar surface area (TPSA) is 38.5 Å². The maximum absolute atomic E-state index is 9.52. The van der Waals surface area contributed by atoms with Crippen molar-refractivity contribution in [2.45, 2.75) is 72.6 Å². The van der Waals surface area contributed by atoms with Crippen LogP contribution in [0.15, 0.2) is 249 Å². The Labute approximate surface area is 521 Å². The minimum absolute atomic E-state index is 0.148. The predicted molar refractivity (Wildman–Crippen MR) is 355 cm³/mol. The van der Waals surface area contributed by atoms with Gasteiger partial charge in [0.25, 0.3) is 0 Å². The van der Waals surface area contributed by atoms with Gasteiger partial charge >= 0.3 is 440 Å². The summed E-state index contributed by atoms with van der Waals surface area (Å²) in [6, 6.07) is 94.5. The summed E-state index contributed by atoms with van der Waals surface area (Å²) in [5, 5.41) is 0. The molecule has 0 N–H and O–H groups in total. The molecule has 0 bridgehead atoms. The van der Waals surface area contributed by atoms with Crippen LogP contribution in [0.5, 0.6) is 11.6 Å². The van der Waals surface area contributed by atoms with E-state index >= 15 is 0 Å². The van der Waals surface area contributed by atoms with E-state index in [9.17, 15) is 2.74 Å². The number of hydrogen-bond acceptors (Lipinski definition) is 4. The average Bonchev–Trinajstić information content (AvgIpc) is 1.85. The summed E-state index contributed by atoms with van der Waals surface area (Å²) in [5.41, 5.74) is 18.7. The zero-order valence-electron chi connectivity index (χ0n) is 51.8. The van der Waals surface area contributed by atoms with Crippen LogP contribution in [0.4, 0.5) is 22.9 Å². The molecule has 0 saturated carbocycles. The third-order valence-corrected chi connectivity index (χ3v) is 17.1. The normalized spacial score (nSPS) is 13.1. The van der Waals surface area contributed by atoms with Gasteiger partial charge in [-0.2, -0.15) is 12.1 Å². The van der Waals surface area contributed by atoms with Crippen molar-refractivity contribution in [1.82, 2.24) is 14.1 Å². The van der Waals surface area contributed by atoms with Crippen molar-refractivity contribution in [2.75, 3.05) is 9.62 Å². The molecule has 1 aliphatic rings. The zero-order valence-corrected chi connectivity index (χ0v) is 52.1. The molecule has 8 heteroatoms. The number of fused-ring (bicyclic) bond motifs is 2. The standard InChI is InChI=1S/C78H68BN5O.Pt/c1-54(2)46-57-32-21-22-37-65(57)66-45-44-64(52-73(66)85-75-43-27-42-74(80-75)84-72-41-26-25-40-71(72)83(63-35-19-12-20-36-63)79(84)62-33-17-11-18-34-62)81-53-82(70-39-24-23-38-69(70)81)76-67(56-30-15-10-16-31-56)50-61(78(6,7)8)51-68(76)59-47-58(55-28-13-9-14-29-55)48-60(49-59)77(3,4)5;/h9-40,42-45,47-51,54H,46H2,1-8H3;/q-2;/i46D2;. The van der Waals surface area contributed by atoms with Crippen LogP contribution in [0, 0.1) is 21.9 Å². The molecule has 12 aromatic rings. The van der Waals surface area contributed by atoms with Gasteiger partial charge in [0, 0.05) is 5.69 Å². The van der Waals surface area contributed by atoms with Gasteiger partial charge < -0.3 is 0 Å². The first-order chi connectivity index (χ1) is 42.4. The van der Waals surface area contributed by atoms with E-state index < -0.39 is 6.37 Å². The Balaban J connectivity index is 1.03. The van der Waals surface area contributed by atoms with E-state index in [1.165, 1.54) is 16.7 Å². The molecule has 0 unspecified atom stereocenters. The summed E-state index contributed by atoms with van der Waals surface area (Å²) >= 11 is 2.52. The molecule has 0 atom stereocenters. The fraction of sp³-hybridized carbons (Fsp3) is 0.154. The number of benzene rings is 10. The molecule has 0 fully saturated rings. The second-order valence-electron chi connectivity index (χ2n) is 24.5. The van der Waals surface area contributed by atoms with Crippen LogP contribution in [-0.2, 0) is 36.6 Å². The van der Waals surface area contributed by atoms with Crippen LogP contribution in [0.1, 0.15) is 74.8 Å². The third-order valence-electron chi connectivity index (χ3n) is 16.1. The van der Waals surface area contributed by atoms with Gasteiger partial charge in [-0.1, -0.05) is 48.5 Å². The fourth-order valence-electron chi connectivity index (χ4n) is 11.9. The molecule has 10 aromatic carbocycles. The molecule has 0 aliphatic carbocycles. The fourth-order valence-corrected chi connectivity index (χ4v) is 13.0. The first-order valence-corrected chi connectivity index (χ1v) is 30.7. The van der Waals surface area contributed by atoms with Crippen LogP contribution in [-0.4, -0.2) is 21.1 Å². The number of aromatic nitrogens is 3. The minimum atomic E-state index is -1.68. The second kappa shape index (κ2) is 23.1. The number of imidazole rings is 1. The molecule has 0 spiro atoms. The van der Waals surface area contributed by atoms with Crippen molar-refractivity contribution in [3.05, 3.63) is 281 Å². The first kappa shape index (κ1) is 53.7. The molecule has 1 aliphatic heterocycles. The number of hydrogen-bond donors (Lipinski definition) is 0. The second-order valence-corrected chi connectivity index (χ2v) is 25.5. The van der Waals surface area contributed by atoms with E-state index in [0.717, 1.165) is 76.6 Å². The molecule has 0 amide bonds. The summed E-state index contributed by atoms with van der Waals surface area (Å²) in [4.78, 5) is 9.98. The SMILES string of the molecule is [2H]C([2H])(c1ccccc1-c1ccc(-n2[c](=[Pt])n(-c3c(-c4ccccc4)cc(C(C)(C)C)cc3-c3cc(-c4ccccc4)cc(C(C)(C)C)c3)c3ccccc32)[c-]c1Oc1cccc(N2B(c3ccccc3)N(c3ccccc3)c3ccc[c-]c32)n1)C(C)C. The number of rotatable bonds is 13. The van der Waals surface area contributed by atoms with Gasteiger partial charge in [-0.05, 0) is 12.1 Å².